The average Bonchev–Trinajstić information content (AvgIpc) is 3.63. The minimum Gasteiger partial charge on any atom is -0.480 e. The third kappa shape index (κ3) is 20.5. The van der Waals surface area contributed by atoms with Gasteiger partial charge >= 0.3 is 5.97 Å². The van der Waals surface area contributed by atoms with E-state index < -0.39 is 90.1 Å². The van der Waals surface area contributed by atoms with Crippen LogP contribution in [-0.2, 0) is 38.4 Å². The van der Waals surface area contributed by atoms with Crippen LogP contribution in [0.15, 0.2) is 9.98 Å². The molecule has 0 saturated carbocycles. The van der Waals surface area contributed by atoms with Gasteiger partial charge in [-0.15, -0.1) is 0 Å². The Morgan fingerprint density at radius 3 is 1.71 bits per heavy atom. The van der Waals surface area contributed by atoms with Gasteiger partial charge in [0, 0.05) is 26.1 Å². The van der Waals surface area contributed by atoms with Gasteiger partial charge in [-0.2, -0.15) is 0 Å². The van der Waals surface area contributed by atoms with Crippen LogP contribution in [0.2, 0.25) is 0 Å². The number of aliphatic carboxylic acids is 1. The Balaban J connectivity index is 3.35. The molecule has 1 saturated heterocycles. The summed E-state index contributed by atoms with van der Waals surface area (Å²) in [5, 5.41) is 21.9. The monoisotopic (exact) mass is 839 g/mol. The molecule has 1 aliphatic heterocycles. The molecule has 59 heavy (non-hydrogen) atoms. The van der Waals surface area contributed by atoms with E-state index in [0.717, 1.165) is 0 Å². The lowest BCUT2D eigenvalue weighted by molar-refractivity contribution is -0.143. The fraction of sp³-hybridized carbons (Fsp3) is 0.722. The van der Waals surface area contributed by atoms with E-state index in [1.54, 1.807) is 0 Å². The lowest BCUT2D eigenvalue weighted by Gasteiger charge is -2.31. The number of nitrogens with two attached hydrogens (primary N) is 6. The van der Waals surface area contributed by atoms with E-state index in [1.807, 2.05) is 27.7 Å². The maximum absolute atomic E-state index is 14.2. The Morgan fingerprint density at radius 1 is 0.678 bits per heavy atom. The normalized spacial score (nSPS) is 16.1. The van der Waals surface area contributed by atoms with E-state index in [1.165, 1.54) is 4.90 Å². The summed E-state index contributed by atoms with van der Waals surface area (Å²) in [6.45, 7) is 7.05. The number of nitrogens with zero attached hydrogens (tertiary/aromatic N) is 3. The summed E-state index contributed by atoms with van der Waals surface area (Å²) in [5.74, 6) is -6.61. The molecule has 0 aromatic rings. The molecular weight excluding hydrogens is 772 g/mol. The number of nitrogens with one attached hydrogen (secondary N) is 5. The van der Waals surface area contributed by atoms with E-state index in [4.69, 9.17) is 39.5 Å². The Hall–Kier alpha value is -5.74. The first-order valence-corrected chi connectivity index (χ1v) is 19.8. The quantitative estimate of drug-likeness (QED) is 0.0213. The van der Waals surface area contributed by atoms with Gasteiger partial charge in [0.15, 0.2) is 11.9 Å². The SMILES string of the molecule is CC(C)C[C@H](NC(=O)[C@@H]1CCCN1C(=O)[C@H](CCCN=C(N)N)NC(=O)[C@H](CCC(N)=O)NC(=O)[C@@H](N)CC(C)C)C(=O)N[C@@H](CCCN=C(N)N)C(=O)NCC(=O)O. The van der Waals surface area contributed by atoms with E-state index in [2.05, 4.69) is 36.6 Å². The molecule has 0 aromatic carbocycles. The summed E-state index contributed by atoms with van der Waals surface area (Å²) in [6.07, 6.45) is 1.18. The van der Waals surface area contributed by atoms with Gasteiger partial charge in [-0.05, 0) is 69.6 Å². The maximum Gasteiger partial charge on any atom is 0.322 e. The molecule has 23 nitrogen and oxygen atoms in total. The van der Waals surface area contributed by atoms with Crippen LogP contribution >= 0.6 is 0 Å². The summed E-state index contributed by atoms with van der Waals surface area (Å²) in [5.41, 5.74) is 33.0. The molecule has 0 radical (unpaired) electrons. The molecule has 23 heteroatoms. The predicted molar refractivity (Wildman–Crippen MR) is 218 cm³/mol. The fourth-order valence-electron chi connectivity index (χ4n) is 6.29. The summed E-state index contributed by atoms with van der Waals surface area (Å²) >= 11 is 0. The van der Waals surface area contributed by atoms with Gasteiger partial charge in [-0.25, -0.2) is 0 Å². The molecule has 0 bridgehead atoms. The number of carbonyl (C=O) groups excluding carboxylic acids is 7. The van der Waals surface area contributed by atoms with Crippen molar-refractivity contribution < 1.29 is 43.5 Å². The van der Waals surface area contributed by atoms with Crippen molar-refractivity contribution >= 4 is 59.2 Å². The van der Waals surface area contributed by atoms with E-state index in [9.17, 15) is 38.4 Å². The van der Waals surface area contributed by atoms with Crippen LogP contribution < -0.4 is 61.0 Å². The summed E-state index contributed by atoms with van der Waals surface area (Å²) < 4.78 is 0. The highest BCUT2D eigenvalue weighted by atomic mass is 16.4. The molecule has 0 spiro atoms. The standard InChI is InChI=1S/C36H66N14O9/c1-19(2)16-21(37)29(54)46-23(11-12-27(38)51)31(56)48-24(9-6-14-44-36(41)42)34(59)50-15-7-10-26(50)33(58)49-25(17-20(3)4)32(57)47-22(8-5-13-43-35(39)40)30(55)45-18-28(52)53/h19-26H,5-18,37H2,1-4H3,(H2,38,51)(H,45,55)(H,46,54)(H,47,57)(H,48,56)(H,49,58)(H,52,53)(H4,39,40,43)(H4,41,42,44)/t21-,22-,23-,24-,25-,26-/m0/s1. The Morgan fingerprint density at radius 2 is 1.19 bits per heavy atom. The molecule has 6 atom stereocenters. The lowest BCUT2D eigenvalue weighted by atomic mass is 10.0. The highest BCUT2D eigenvalue weighted by Gasteiger charge is 2.40. The van der Waals surface area contributed by atoms with Crippen molar-refractivity contribution in [3.8, 4) is 0 Å². The van der Waals surface area contributed by atoms with Crippen molar-refractivity contribution in [1.29, 1.82) is 0 Å². The highest BCUT2D eigenvalue weighted by Crippen LogP contribution is 2.21. The first-order chi connectivity index (χ1) is 27.6. The number of hydrogen-bond acceptors (Lipinski definition) is 11. The van der Waals surface area contributed by atoms with Crippen LogP contribution in [0.4, 0.5) is 0 Å². The largest absolute Gasteiger partial charge is 0.480 e. The van der Waals surface area contributed by atoms with Crippen LogP contribution in [-0.4, -0.2) is 132 Å². The summed E-state index contributed by atoms with van der Waals surface area (Å²) in [7, 11) is 0. The zero-order chi connectivity index (χ0) is 44.8. The topological polar surface area (TPSA) is 401 Å². The molecular formula is C36H66N14O9. The fourth-order valence-corrected chi connectivity index (χ4v) is 6.29. The molecule has 334 valence electrons. The number of carbonyl (C=O) groups is 8. The van der Waals surface area contributed by atoms with Gasteiger partial charge in [0.1, 0.15) is 36.8 Å². The molecule has 1 heterocycles. The molecule has 1 aliphatic rings. The number of aliphatic imine (C=N–C) groups is 2. The van der Waals surface area contributed by atoms with Crippen LogP contribution in [0.25, 0.3) is 0 Å². The Bertz CT molecular complexity index is 1520. The van der Waals surface area contributed by atoms with Gasteiger partial charge in [0.2, 0.25) is 41.4 Å². The minimum absolute atomic E-state index is 0.0163. The number of hydrogen-bond donors (Lipinski definition) is 12. The molecule has 0 aliphatic carbocycles. The van der Waals surface area contributed by atoms with E-state index in [-0.39, 0.29) is 94.8 Å². The van der Waals surface area contributed by atoms with Gasteiger partial charge in [0.05, 0.1) is 6.04 Å². The van der Waals surface area contributed by atoms with Crippen LogP contribution in [0.5, 0.6) is 0 Å². The Kier molecular flexibility index (Phi) is 22.9. The molecule has 18 N–H and O–H groups in total. The number of primary amides is 1. The number of carboxylic acid groups (broad SMARTS) is 1. The summed E-state index contributed by atoms with van der Waals surface area (Å²) in [6, 6.07) is -6.89. The van der Waals surface area contributed by atoms with Crippen molar-refractivity contribution in [1.82, 2.24) is 31.5 Å². The van der Waals surface area contributed by atoms with Crippen molar-refractivity contribution in [2.24, 2.45) is 56.2 Å². The van der Waals surface area contributed by atoms with Crippen LogP contribution in [0, 0.1) is 11.8 Å². The number of guanidine groups is 2. The van der Waals surface area contributed by atoms with E-state index >= 15 is 0 Å². The summed E-state index contributed by atoms with van der Waals surface area (Å²) in [4.78, 5) is 113. The number of rotatable bonds is 27. The van der Waals surface area contributed by atoms with Crippen LogP contribution in [0.3, 0.4) is 0 Å². The molecule has 1 rings (SSSR count). The predicted octanol–water partition coefficient (Wildman–Crippen LogP) is -4.09. The zero-order valence-corrected chi connectivity index (χ0v) is 34.5. The Labute approximate surface area is 344 Å². The molecule has 0 unspecified atom stereocenters. The van der Waals surface area contributed by atoms with Crippen molar-refractivity contribution in [3.63, 3.8) is 0 Å². The number of carboxylic acids is 1. The van der Waals surface area contributed by atoms with Gasteiger partial charge in [-0.1, -0.05) is 27.7 Å². The van der Waals surface area contributed by atoms with Crippen molar-refractivity contribution in [3.05, 3.63) is 0 Å². The first-order valence-electron chi connectivity index (χ1n) is 19.8. The molecule has 1 fully saturated rings. The van der Waals surface area contributed by atoms with E-state index in [0.29, 0.717) is 12.8 Å². The highest BCUT2D eigenvalue weighted by molar-refractivity contribution is 5.97. The molecule has 7 amide bonds. The minimum atomic E-state index is -1.29. The van der Waals surface area contributed by atoms with Crippen molar-refractivity contribution in [2.75, 3.05) is 26.2 Å². The van der Waals surface area contributed by atoms with Gasteiger partial charge in [0.25, 0.3) is 0 Å². The van der Waals surface area contributed by atoms with Gasteiger partial charge < -0.3 is 71.0 Å². The zero-order valence-electron chi connectivity index (χ0n) is 34.5. The smallest absolute Gasteiger partial charge is 0.322 e. The second-order valence-electron chi connectivity index (χ2n) is 15.3. The van der Waals surface area contributed by atoms with Crippen molar-refractivity contribution in [2.45, 2.75) is 128 Å². The average molecular weight is 839 g/mol. The first kappa shape index (κ1) is 51.3. The van der Waals surface area contributed by atoms with Crippen LogP contribution in [0.1, 0.15) is 91.9 Å². The molecule has 0 aromatic heterocycles. The number of amides is 7. The maximum atomic E-state index is 14.2. The van der Waals surface area contributed by atoms with Gasteiger partial charge in [-0.3, -0.25) is 48.3 Å². The second kappa shape index (κ2) is 26.3. The third-order valence-corrected chi connectivity index (χ3v) is 9.11. The number of likely N-dealkylation sites (tertiary alicyclic amines) is 1. The lowest BCUT2D eigenvalue weighted by Crippen LogP contribution is -2.59. The second-order valence-corrected chi connectivity index (χ2v) is 15.3. The third-order valence-electron chi connectivity index (χ3n) is 9.11.